The van der Waals surface area contributed by atoms with E-state index in [0.717, 1.165) is 19.4 Å². The Hall–Kier alpha value is -2.35. The van der Waals surface area contributed by atoms with Crippen molar-refractivity contribution in [3.63, 3.8) is 0 Å². The van der Waals surface area contributed by atoms with Gasteiger partial charge in [-0.3, -0.25) is 0 Å². The Balaban J connectivity index is 2.09. The van der Waals surface area contributed by atoms with Crippen molar-refractivity contribution in [3.05, 3.63) is 90.0 Å². The topological polar surface area (TPSA) is 17.8 Å². The van der Waals surface area contributed by atoms with Gasteiger partial charge in [0.25, 0.3) is 0 Å². The SMILES string of the molecule is CCC(c1nccn1CC)C(C)(Cc1ccccc1)c1ccccc1. The van der Waals surface area contributed by atoms with Crippen LogP contribution < -0.4 is 0 Å². The molecule has 0 amide bonds. The molecule has 1 aromatic heterocycles. The molecule has 0 aliphatic rings. The average molecular weight is 332 g/mol. The Labute approximate surface area is 151 Å². The molecule has 2 unspecified atom stereocenters. The predicted octanol–water partition coefficient (Wildman–Crippen LogP) is 5.60. The van der Waals surface area contributed by atoms with Gasteiger partial charge in [0.1, 0.15) is 5.82 Å². The number of hydrogen-bond acceptors (Lipinski definition) is 1. The highest BCUT2D eigenvalue weighted by molar-refractivity contribution is 5.33. The van der Waals surface area contributed by atoms with Crippen molar-refractivity contribution in [1.29, 1.82) is 0 Å². The number of aromatic nitrogens is 2. The molecule has 3 rings (SSSR count). The maximum atomic E-state index is 4.75. The molecular weight excluding hydrogens is 304 g/mol. The maximum Gasteiger partial charge on any atom is 0.112 e. The van der Waals surface area contributed by atoms with Crippen molar-refractivity contribution in [2.75, 3.05) is 0 Å². The van der Waals surface area contributed by atoms with E-state index >= 15 is 0 Å². The van der Waals surface area contributed by atoms with E-state index in [1.54, 1.807) is 0 Å². The van der Waals surface area contributed by atoms with Crippen LogP contribution >= 0.6 is 0 Å². The van der Waals surface area contributed by atoms with E-state index in [2.05, 4.69) is 92.2 Å². The van der Waals surface area contributed by atoms with E-state index in [9.17, 15) is 0 Å². The fourth-order valence-electron chi connectivity index (χ4n) is 4.08. The van der Waals surface area contributed by atoms with Gasteiger partial charge in [-0.25, -0.2) is 4.98 Å². The van der Waals surface area contributed by atoms with Crippen LogP contribution in [0.1, 0.15) is 50.1 Å². The lowest BCUT2D eigenvalue weighted by Gasteiger charge is -2.38. The van der Waals surface area contributed by atoms with Crippen molar-refractivity contribution in [3.8, 4) is 0 Å². The van der Waals surface area contributed by atoms with Gasteiger partial charge in [0.2, 0.25) is 0 Å². The summed E-state index contributed by atoms with van der Waals surface area (Å²) in [7, 11) is 0. The fourth-order valence-corrected chi connectivity index (χ4v) is 4.08. The number of imidazole rings is 1. The van der Waals surface area contributed by atoms with Gasteiger partial charge in [-0.2, -0.15) is 0 Å². The molecule has 0 bridgehead atoms. The van der Waals surface area contributed by atoms with Gasteiger partial charge >= 0.3 is 0 Å². The summed E-state index contributed by atoms with van der Waals surface area (Å²) in [5.41, 5.74) is 2.76. The van der Waals surface area contributed by atoms with Crippen LogP contribution in [0.3, 0.4) is 0 Å². The van der Waals surface area contributed by atoms with Crippen LogP contribution in [0.4, 0.5) is 0 Å². The predicted molar refractivity (Wildman–Crippen MR) is 105 cm³/mol. The van der Waals surface area contributed by atoms with E-state index in [4.69, 9.17) is 4.98 Å². The molecule has 25 heavy (non-hydrogen) atoms. The van der Waals surface area contributed by atoms with Crippen LogP contribution in [0, 0.1) is 0 Å². The van der Waals surface area contributed by atoms with Gasteiger partial charge in [-0.05, 0) is 30.9 Å². The normalized spacial score (nSPS) is 14.8. The quantitative estimate of drug-likeness (QED) is 0.551. The maximum absolute atomic E-state index is 4.75. The third kappa shape index (κ3) is 3.53. The van der Waals surface area contributed by atoms with Gasteiger partial charge in [0.05, 0.1) is 0 Å². The lowest BCUT2D eigenvalue weighted by atomic mass is 9.66. The van der Waals surface area contributed by atoms with Gasteiger partial charge in [0.15, 0.2) is 0 Å². The highest BCUT2D eigenvalue weighted by Gasteiger charge is 2.38. The highest BCUT2D eigenvalue weighted by atomic mass is 15.1. The van der Waals surface area contributed by atoms with Crippen LogP contribution in [-0.2, 0) is 18.4 Å². The first-order valence-corrected chi connectivity index (χ1v) is 9.29. The molecular formula is C23H28N2. The third-order valence-corrected chi connectivity index (χ3v) is 5.42. The first kappa shape index (κ1) is 17.5. The van der Waals surface area contributed by atoms with Crippen LogP contribution in [0.5, 0.6) is 0 Å². The number of nitrogens with zero attached hydrogens (tertiary/aromatic N) is 2. The Morgan fingerprint density at radius 1 is 0.960 bits per heavy atom. The summed E-state index contributed by atoms with van der Waals surface area (Å²) in [6.07, 6.45) is 6.11. The van der Waals surface area contributed by atoms with Crippen molar-refractivity contribution in [2.24, 2.45) is 0 Å². The third-order valence-electron chi connectivity index (χ3n) is 5.42. The molecule has 0 N–H and O–H groups in total. The highest BCUT2D eigenvalue weighted by Crippen LogP contribution is 2.43. The van der Waals surface area contributed by atoms with Gasteiger partial charge in [-0.1, -0.05) is 74.5 Å². The summed E-state index contributed by atoms with van der Waals surface area (Å²) in [5, 5.41) is 0. The molecule has 0 saturated carbocycles. The number of rotatable bonds is 7. The Morgan fingerprint density at radius 3 is 2.20 bits per heavy atom. The monoisotopic (exact) mass is 332 g/mol. The summed E-state index contributed by atoms with van der Waals surface area (Å²) in [6, 6.07) is 21.8. The van der Waals surface area contributed by atoms with Crippen molar-refractivity contribution >= 4 is 0 Å². The smallest absolute Gasteiger partial charge is 0.112 e. The fraction of sp³-hybridized carbons (Fsp3) is 0.348. The molecule has 3 aromatic rings. The van der Waals surface area contributed by atoms with E-state index in [-0.39, 0.29) is 5.41 Å². The molecule has 0 fully saturated rings. The van der Waals surface area contributed by atoms with Gasteiger partial charge in [0, 0.05) is 30.3 Å². The molecule has 0 saturated heterocycles. The molecule has 0 radical (unpaired) electrons. The van der Waals surface area contributed by atoms with Crippen LogP contribution in [0.25, 0.3) is 0 Å². The molecule has 1 heterocycles. The Kier molecular flexibility index (Phi) is 5.37. The summed E-state index contributed by atoms with van der Waals surface area (Å²) in [4.78, 5) is 4.75. The zero-order valence-electron chi connectivity index (χ0n) is 15.5. The molecule has 2 aromatic carbocycles. The van der Waals surface area contributed by atoms with Crippen LogP contribution in [-0.4, -0.2) is 9.55 Å². The minimum Gasteiger partial charge on any atom is -0.335 e. The van der Waals surface area contributed by atoms with E-state index in [1.807, 2.05) is 6.20 Å². The molecule has 2 nitrogen and oxygen atoms in total. The molecule has 130 valence electrons. The zero-order chi connectivity index (χ0) is 17.7. The van der Waals surface area contributed by atoms with E-state index in [1.165, 1.54) is 17.0 Å². The van der Waals surface area contributed by atoms with Crippen molar-refractivity contribution < 1.29 is 0 Å². The summed E-state index contributed by atoms with van der Waals surface area (Å²) >= 11 is 0. The van der Waals surface area contributed by atoms with Crippen LogP contribution in [0.15, 0.2) is 73.1 Å². The Bertz CT molecular complexity index is 776. The molecule has 0 aliphatic carbocycles. The molecule has 0 spiro atoms. The summed E-state index contributed by atoms with van der Waals surface area (Å²) in [6.45, 7) is 7.83. The zero-order valence-corrected chi connectivity index (χ0v) is 15.5. The minimum atomic E-state index is -0.00433. The second-order valence-corrected chi connectivity index (χ2v) is 6.98. The van der Waals surface area contributed by atoms with Crippen molar-refractivity contribution in [1.82, 2.24) is 9.55 Å². The minimum absolute atomic E-state index is 0.00433. The first-order chi connectivity index (χ1) is 12.2. The molecule has 0 aliphatic heterocycles. The average Bonchev–Trinajstić information content (AvgIpc) is 3.12. The van der Waals surface area contributed by atoms with E-state index in [0.29, 0.717) is 5.92 Å². The van der Waals surface area contributed by atoms with Crippen LogP contribution in [0.2, 0.25) is 0 Å². The van der Waals surface area contributed by atoms with Gasteiger partial charge in [-0.15, -0.1) is 0 Å². The summed E-state index contributed by atoms with van der Waals surface area (Å²) < 4.78 is 2.29. The summed E-state index contributed by atoms with van der Waals surface area (Å²) in [5.74, 6) is 1.57. The lowest BCUT2D eigenvalue weighted by molar-refractivity contribution is 0.341. The molecule has 2 atom stereocenters. The Morgan fingerprint density at radius 2 is 1.60 bits per heavy atom. The number of hydrogen-bond donors (Lipinski definition) is 0. The number of benzene rings is 2. The molecule has 2 heteroatoms. The largest absolute Gasteiger partial charge is 0.335 e. The first-order valence-electron chi connectivity index (χ1n) is 9.29. The van der Waals surface area contributed by atoms with E-state index < -0.39 is 0 Å². The second-order valence-electron chi connectivity index (χ2n) is 6.98. The van der Waals surface area contributed by atoms with Gasteiger partial charge < -0.3 is 4.57 Å². The lowest BCUT2D eigenvalue weighted by Crippen LogP contribution is -2.34. The second kappa shape index (κ2) is 7.69. The number of aryl methyl sites for hydroxylation is 1. The van der Waals surface area contributed by atoms with Crippen molar-refractivity contribution in [2.45, 2.75) is 51.5 Å². The standard InChI is InChI=1S/C23H28N2/c1-4-21(22-24-16-17-25(22)5-2)23(3,20-14-10-7-11-15-20)18-19-12-8-6-9-13-19/h6-17,21H,4-5,18H2,1-3H3.